The van der Waals surface area contributed by atoms with E-state index in [9.17, 15) is 0 Å². The van der Waals surface area contributed by atoms with Crippen LogP contribution in [0.15, 0.2) is 29.4 Å². The van der Waals surface area contributed by atoms with Crippen molar-refractivity contribution in [3.05, 3.63) is 29.8 Å². The summed E-state index contributed by atoms with van der Waals surface area (Å²) in [5, 5.41) is 11.8. The van der Waals surface area contributed by atoms with Gasteiger partial charge in [0.15, 0.2) is 0 Å². The van der Waals surface area contributed by atoms with Crippen LogP contribution in [0.2, 0.25) is 0 Å². The van der Waals surface area contributed by atoms with Gasteiger partial charge in [-0.05, 0) is 37.5 Å². The molecule has 106 valence electrons. The van der Waals surface area contributed by atoms with E-state index in [2.05, 4.69) is 48.3 Å². The molecule has 0 bridgehead atoms. The fraction of sp³-hybridized carbons (Fsp3) is 0.533. The molecule has 0 saturated heterocycles. The Kier molecular flexibility index (Phi) is 5.21. The van der Waals surface area contributed by atoms with Crippen LogP contribution < -0.4 is 10.6 Å². The standard InChI is InChI=1S/C15H25N3O/c1-12-7-5-8-13(11-12)18(4)10-6-9-15(2,3)14(16)17-19/h5,7-8,11,19H,6,9-10H2,1-4H3,(H2,16,17). The lowest BCUT2D eigenvalue weighted by molar-refractivity contribution is 0.305. The van der Waals surface area contributed by atoms with E-state index < -0.39 is 0 Å². The Hall–Kier alpha value is -1.71. The first-order valence-electron chi connectivity index (χ1n) is 6.62. The summed E-state index contributed by atoms with van der Waals surface area (Å²) in [5.41, 5.74) is 7.91. The molecular weight excluding hydrogens is 238 g/mol. The Morgan fingerprint density at radius 3 is 2.68 bits per heavy atom. The molecule has 1 aromatic rings. The van der Waals surface area contributed by atoms with Crippen molar-refractivity contribution in [2.75, 3.05) is 18.5 Å². The minimum atomic E-state index is -0.262. The van der Waals surface area contributed by atoms with Crippen molar-refractivity contribution in [1.82, 2.24) is 0 Å². The van der Waals surface area contributed by atoms with Crippen LogP contribution in [0.25, 0.3) is 0 Å². The second-order valence-corrected chi connectivity index (χ2v) is 5.73. The summed E-state index contributed by atoms with van der Waals surface area (Å²) < 4.78 is 0. The molecule has 0 amide bonds. The first-order chi connectivity index (χ1) is 8.86. The molecule has 0 saturated carbocycles. The maximum Gasteiger partial charge on any atom is 0.144 e. The highest BCUT2D eigenvalue weighted by atomic mass is 16.4. The van der Waals surface area contributed by atoms with Crippen LogP contribution in [0.5, 0.6) is 0 Å². The number of nitrogens with zero attached hydrogens (tertiary/aromatic N) is 2. The number of hydrogen-bond acceptors (Lipinski definition) is 3. The third-order valence-corrected chi connectivity index (χ3v) is 3.54. The van der Waals surface area contributed by atoms with Crippen molar-refractivity contribution in [3.63, 3.8) is 0 Å². The molecule has 0 aliphatic heterocycles. The molecule has 4 heteroatoms. The van der Waals surface area contributed by atoms with E-state index in [1.807, 2.05) is 13.8 Å². The number of benzene rings is 1. The third-order valence-electron chi connectivity index (χ3n) is 3.54. The molecule has 1 aromatic carbocycles. The molecule has 19 heavy (non-hydrogen) atoms. The largest absolute Gasteiger partial charge is 0.409 e. The van der Waals surface area contributed by atoms with Gasteiger partial charge in [-0.2, -0.15) is 0 Å². The number of hydrogen-bond donors (Lipinski definition) is 2. The topological polar surface area (TPSA) is 61.8 Å². The second-order valence-electron chi connectivity index (χ2n) is 5.73. The van der Waals surface area contributed by atoms with E-state index in [-0.39, 0.29) is 5.41 Å². The van der Waals surface area contributed by atoms with Crippen LogP contribution in [-0.4, -0.2) is 24.6 Å². The van der Waals surface area contributed by atoms with Gasteiger partial charge in [0.05, 0.1) is 0 Å². The van der Waals surface area contributed by atoms with Crippen molar-refractivity contribution < 1.29 is 5.21 Å². The van der Waals surface area contributed by atoms with E-state index >= 15 is 0 Å². The van der Waals surface area contributed by atoms with Gasteiger partial charge in [0, 0.05) is 24.7 Å². The minimum Gasteiger partial charge on any atom is -0.409 e. The highest BCUT2D eigenvalue weighted by Gasteiger charge is 2.23. The van der Waals surface area contributed by atoms with Crippen LogP contribution in [0.3, 0.4) is 0 Å². The van der Waals surface area contributed by atoms with Gasteiger partial charge in [0.1, 0.15) is 5.84 Å². The van der Waals surface area contributed by atoms with Crippen LogP contribution in [0.1, 0.15) is 32.3 Å². The Balaban J connectivity index is 2.50. The maximum absolute atomic E-state index is 8.74. The Morgan fingerprint density at radius 1 is 1.42 bits per heavy atom. The molecule has 4 nitrogen and oxygen atoms in total. The number of anilines is 1. The van der Waals surface area contributed by atoms with Gasteiger partial charge in [-0.15, -0.1) is 0 Å². The fourth-order valence-corrected chi connectivity index (χ4v) is 2.02. The van der Waals surface area contributed by atoms with Gasteiger partial charge in [-0.3, -0.25) is 0 Å². The molecular formula is C15H25N3O. The van der Waals surface area contributed by atoms with Gasteiger partial charge in [0.2, 0.25) is 0 Å². The van der Waals surface area contributed by atoms with E-state index in [0.29, 0.717) is 5.84 Å². The highest BCUT2D eigenvalue weighted by molar-refractivity contribution is 5.85. The predicted molar refractivity (Wildman–Crippen MR) is 80.9 cm³/mol. The molecule has 0 aromatic heterocycles. The summed E-state index contributed by atoms with van der Waals surface area (Å²) in [6.45, 7) is 7.04. The molecule has 0 heterocycles. The van der Waals surface area contributed by atoms with E-state index in [0.717, 1.165) is 19.4 Å². The lowest BCUT2D eigenvalue weighted by Crippen LogP contribution is -2.32. The van der Waals surface area contributed by atoms with Crippen LogP contribution in [0, 0.1) is 12.3 Å². The fourth-order valence-electron chi connectivity index (χ4n) is 2.02. The summed E-state index contributed by atoms with van der Waals surface area (Å²) in [6.07, 6.45) is 1.88. The highest BCUT2D eigenvalue weighted by Crippen LogP contribution is 2.23. The molecule has 0 spiro atoms. The lowest BCUT2D eigenvalue weighted by atomic mass is 9.86. The summed E-state index contributed by atoms with van der Waals surface area (Å²) in [6, 6.07) is 8.46. The zero-order valence-electron chi connectivity index (χ0n) is 12.3. The number of oxime groups is 1. The van der Waals surface area contributed by atoms with Gasteiger partial charge in [0.25, 0.3) is 0 Å². The zero-order valence-corrected chi connectivity index (χ0v) is 12.3. The summed E-state index contributed by atoms with van der Waals surface area (Å²) in [4.78, 5) is 2.23. The molecule has 1 rings (SSSR count). The minimum absolute atomic E-state index is 0.262. The average Bonchev–Trinajstić information content (AvgIpc) is 2.37. The number of amidine groups is 1. The molecule has 0 unspecified atom stereocenters. The summed E-state index contributed by atoms with van der Waals surface area (Å²) >= 11 is 0. The summed E-state index contributed by atoms with van der Waals surface area (Å²) in [7, 11) is 2.09. The third kappa shape index (κ3) is 4.47. The van der Waals surface area contributed by atoms with E-state index in [4.69, 9.17) is 10.9 Å². The van der Waals surface area contributed by atoms with Gasteiger partial charge in [-0.25, -0.2) is 0 Å². The Morgan fingerprint density at radius 2 is 2.11 bits per heavy atom. The van der Waals surface area contributed by atoms with Gasteiger partial charge in [-0.1, -0.05) is 31.1 Å². The number of nitrogens with two attached hydrogens (primary N) is 1. The predicted octanol–water partition coefficient (Wildman–Crippen LogP) is 2.98. The second kappa shape index (κ2) is 6.45. The monoisotopic (exact) mass is 263 g/mol. The van der Waals surface area contributed by atoms with Crippen LogP contribution >= 0.6 is 0 Å². The first kappa shape index (κ1) is 15.3. The van der Waals surface area contributed by atoms with Crippen molar-refractivity contribution in [2.24, 2.45) is 16.3 Å². The Labute approximate surface area is 115 Å². The quantitative estimate of drug-likeness (QED) is 0.359. The average molecular weight is 263 g/mol. The molecule has 0 radical (unpaired) electrons. The first-order valence-corrected chi connectivity index (χ1v) is 6.62. The summed E-state index contributed by atoms with van der Waals surface area (Å²) in [5.74, 6) is 0.297. The van der Waals surface area contributed by atoms with Crippen molar-refractivity contribution in [1.29, 1.82) is 0 Å². The normalized spacial score (nSPS) is 12.5. The van der Waals surface area contributed by atoms with Gasteiger partial charge >= 0.3 is 0 Å². The van der Waals surface area contributed by atoms with Crippen molar-refractivity contribution in [2.45, 2.75) is 33.6 Å². The SMILES string of the molecule is Cc1cccc(N(C)CCCC(C)(C)C(N)=NO)c1. The number of aryl methyl sites for hydroxylation is 1. The molecule has 0 aliphatic carbocycles. The van der Waals surface area contributed by atoms with Crippen LogP contribution in [0.4, 0.5) is 5.69 Å². The smallest absolute Gasteiger partial charge is 0.144 e. The molecule has 0 aliphatic rings. The zero-order chi connectivity index (χ0) is 14.5. The van der Waals surface area contributed by atoms with Crippen molar-refractivity contribution >= 4 is 11.5 Å². The molecule has 0 fully saturated rings. The molecule has 0 atom stereocenters. The Bertz CT molecular complexity index is 441. The van der Waals surface area contributed by atoms with E-state index in [1.165, 1.54) is 11.3 Å². The van der Waals surface area contributed by atoms with E-state index in [1.54, 1.807) is 0 Å². The van der Waals surface area contributed by atoms with Crippen molar-refractivity contribution in [3.8, 4) is 0 Å². The maximum atomic E-state index is 8.74. The molecule has 3 N–H and O–H groups in total. The lowest BCUT2D eigenvalue weighted by Gasteiger charge is -2.25. The number of rotatable bonds is 6. The van der Waals surface area contributed by atoms with Gasteiger partial charge < -0.3 is 15.8 Å². The van der Waals surface area contributed by atoms with Crippen LogP contribution in [-0.2, 0) is 0 Å².